The third-order valence-electron chi connectivity index (χ3n) is 5.69. The van der Waals surface area contributed by atoms with Crippen LogP contribution >= 0.6 is 0 Å². The molecule has 0 saturated carbocycles. The third-order valence-corrected chi connectivity index (χ3v) is 5.69. The number of likely N-dealkylation sites (N-methyl/N-ethyl adjacent to an activating group) is 1. The summed E-state index contributed by atoms with van der Waals surface area (Å²) in [6.07, 6.45) is -3.06. The van der Waals surface area contributed by atoms with Gasteiger partial charge in [-0.2, -0.15) is 7.05 Å². The van der Waals surface area contributed by atoms with Crippen LogP contribution in [0.2, 0.25) is 0 Å². The molecule has 0 amide bonds. The molecular formula is C19H32BN2O5-. The van der Waals surface area contributed by atoms with Gasteiger partial charge in [0.05, 0.1) is 18.8 Å². The van der Waals surface area contributed by atoms with Gasteiger partial charge in [-0.05, 0) is 73.9 Å². The largest absolute Gasteiger partial charge is 0.663 e. The van der Waals surface area contributed by atoms with Crippen molar-refractivity contribution in [2.24, 2.45) is 5.73 Å². The topological polar surface area (TPSA) is 119 Å². The van der Waals surface area contributed by atoms with Crippen molar-refractivity contribution in [3.63, 3.8) is 0 Å². The summed E-state index contributed by atoms with van der Waals surface area (Å²) in [5.41, 5.74) is 12.3. The minimum Gasteiger partial charge on any atom is -0.663 e. The summed E-state index contributed by atoms with van der Waals surface area (Å²) < 4.78 is 12.0. The molecule has 1 aliphatic rings. The van der Waals surface area contributed by atoms with Gasteiger partial charge in [-0.25, -0.2) is 0 Å². The molecule has 1 saturated heterocycles. The molecule has 4 atom stereocenters. The summed E-state index contributed by atoms with van der Waals surface area (Å²) in [5.74, 6) is 0. The number of nitrogens with zero attached hydrogens (tertiary/aromatic N) is 1. The molecule has 152 valence electrons. The highest BCUT2D eigenvalue weighted by Crippen LogP contribution is 2.26. The summed E-state index contributed by atoms with van der Waals surface area (Å²) >= 11 is 0. The first kappa shape index (κ1) is 22.3. The summed E-state index contributed by atoms with van der Waals surface area (Å²) in [6.45, 7) is 8.51. The maximum Gasteiger partial charge on any atom is 0.495 e. The molecule has 0 aromatic heterocycles. The highest BCUT2D eigenvalue weighted by atomic mass is 16.6. The van der Waals surface area contributed by atoms with Crippen LogP contribution in [0.25, 0.3) is 5.32 Å². The predicted molar refractivity (Wildman–Crippen MR) is 107 cm³/mol. The molecule has 1 heterocycles. The molecule has 1 aromatic rings. The summed E-state index contributed by atoms with van der Waals surface area (Å²) in [6, 6.07) is 0. The molecule has 1 aromatic carbocycles. The average Bonchev–Trinajstić information content (AvgIpc) is 2.65. The number of aliphatic hydroxyl groups is 3. The Bertz CT molecular complexity index is 628. The molecule has 7 nitrogen and oxygen atoms in total. The van der Waals surface area contributed by atoms with Crippen molar-refractivity contribution in [2.75, 3.05) is 26.7 Å². The van der Waals surface area contributed by atoms with Crippen molar-refractivity contribution in [3.8, 4) is 0 Å². The average molecular weight is 379 g/mol. The van der Waals surface area contributed by atoms with Crippen molar-refractivity contribution >= 4 is 12.6 Å². The van der Waals surface area contributed by atoms with E-state index in [2.05, 4.69) is 19.2 Å². The van der Waals surface area contributed by atoms with Crippen LogP contribution in [0.15, 0.2) is 0 Å². The second-order valence-corrected chi connectivity index (χ2v) is 7.28. The first-order chi connectivity index (χ1) is 12.8. The molecule has 5 N–H and O–H groups in total. The molecule has 1 fully saturated rings. The monoisotopic (exact) mass is 379 g/mol. The molecule has 0 bridgehead atoms. The van der Waals surface area contributed by atoms with E-state index in [9.17, 15) is 15.3 Å². The third kappa shape index (κ3) is 4.37. The lowest BCUT2D eigenvalue weighted by Crippen LogP contribution is -2.61. The van der Waals surface area contributed by atoms with Crippen LogP contribution in [0.3, 0.4) is 0 Å². The molecule has 2 rings (SSSR count). The van der Waals surface area contributed by atoms with Crippen LogP contribution in [0.1, 0.15) is 27.8 Å². The summed E-state index contributed by atoms with van der Waals surface area (Å²) in [7, 11) is 0.889. The fourth-order valence-electron chi connectivity index (χ4n) is 3.89. The minimum absolute atomic E-state index is 0.275. The lowest BCUT2D eigenvalue weighted by atomic mass is 9.68. The zero-order valence-electron chi connectivity index (χ0n) is 16.9. The van der Waals surface area contributed by atoms with Crippen molar-refractivity contribution < 1.29 is 24.6 Å². The zero-order valence-corrected chi connectivity index (χ0v) is 16.9. The van der Waals surface area contributed by atoms with Gasteiger partial charge >= 0.3 is 7.12 Å². The second kappa shape index (κ2) is 9.47. The number of aliphatic hydroxyl groups excluding tert-OH is 3. The molecule has 0 spiro atoms. The Kier molecular flexibility index (Phi) is 7.82. The van der Waals surface area contributed by atoms with E-state index in [-0.39, 0.29) is 6.54 Å². The van der Waals surface area contributed by atoms with Gasteiger partial charge in [0, 0.05) is 0 Å². The van der Waals surface area contributed by atoms with Crippen LogP contribution in [-0.2, 0) is 15.7 Å². The normalized spacial score (nSPS) is 24.3. The molecular weight excluding hydrogens is 347 g/mol. The van der Waals surface area contributed by atoms with E-state index in [0.717, 1.165) is 34.1 Å². The SMILES string of the molecule is C[N-]C[C@@H]1OB(c2c(C)c(C)c(CCN)c(C)c2C)O[C@H]([C@H](O)CO)[C@@H]1O. The van der Waals surface area contributed by atoms with E-state index in [1.807, 2.05) is 13.8 Å². The molecule has 8 heteroatoms. The second-order valence-electron chi connectivity index (χ2n) is 7.28. The van der Waals surface area contributed by atoms with E-state index in [1.54, 1.807) is 7.05 Å². The quantitative estimate of drug-likeness (QED) is 0.480. The molecule has 27 heavy (non-hydrogen) atoms. The van der Waals surface area contributed by atoms with Crippen molar-refractivity contribution in [2.45, 2.75) is 58.5 Å². The first-order valence-corrected chi connectivity index (χ1v) is 9.41. The number of nitrogens with two attached hydrogens (primary N) is 1. The Balaban J connectivity index is 2.49. The van der Waals surface area contributed by atoms with Gasteiger partial charge in [0.1, 0.15) is 12.2 Å². The van der Waals surface area contributed by atoms with Gasteiger partial charge in [-0.15, -0.1) is 6.54 Å². The molecule has 0 aliphatic carbocycles. The highest BCUT2D eigenvalue weighted by molar-refractivity contribution is 6.62. The van der Waals surface area contributed by atoms with Gasteiger partial charge in [0.15, 0.2) is 0 Å². The fraction of sp³-hybridized carbons (Fsp3) is 0.684. The van der Waals surface area contributed by atoms with Crippen molar-refractivity contribution in [3.05, 3.63) is 33.1 Å². The Morgan fingerprint density at radius 3 is 2.19 bits per heavy atom. The Morgan fingerprint density at radius 2 is 1.70 bits per heavy atom. The van der Waals surface area contributed by atoms with Crippen LogP contribution in [0.5, 0.6) is 0 Å². The van der Waals surface area contributed by atoms with Gasteiger partial charge in [-0.3, -0.25) is 0 Å². The first-order valence-electron chi connectivity index (χ1n) is 9.41. The molecule has 1 aliphatic heterocycles. The van der Waals surface area contributed by atoms with Gasteiger partial charge in [0.25, 0.3) is 0 Å². The number of hydrogen-bond acceptors (Lipinski definition) is 6. The summed E-state index contributed by atoms with van der Waals surface area (Å²) in [4.78, 5) is 0. The smallest absolute Gasteiger partial charge is 0.495 e. The molecule has 0 radical (unpaired) electrons. The van der Waals surface area contributed by atoms with Gasteiger partial charge in [0.2, 0.25) is 0 Å². The van der Waals surface area contributed by atoms with E-state index < -0.39 is 38.1 Å². The Morgan fingerprint density at radius 1 is 1.11 bits per heavy atom. The highest BCUT2D eigenvalue weighted by Gasteiger charge is 2.44. The molecule has 0 unspecified atom stereocenters. The fourth-order valence-corrected chi connectivity index (χ4v) is 3.89. The standard InChI is InChI=1S/C19H32BN2O5/c1-10-12(3)17(13(4)11(2)14(10)6-7-21)20-26-16(8-22-5)18(25)19(27-20)15(24)9-23/h15-16,18-19,23-25H,6-9,21H2,1-5H3/q-1/t15-,16+,18-,19-/m1/s1. The van der Waals surface area contributed by atoms with Gasteiger partial charge < -0.3 is 35.7 Å². The van der Waals surface area contributed by atoms with E-state index in [1.165, 1.54) is 5.56 Å². The van der Waals surface area contributed by atoms with Crippen LogP contribution in [-0.4, -0.2) is 73.6 Å². The van der Waals surface area contributed by atoms with Crippen LogP contribution in [0.4, 0.5) is 0 Å². The minimum atomic E-state index is -1.20. The van der Waals surface area contributed by atoms with Crippen LogP contribution in [0, 0.1) is 27.7 Å². The van der Waals surface area contributed by atoms with E-state index >= 15 is 0 Å². The Labute approximate surface area is 162 Å². The van der Waals surface area contributed by atoms with Crippen LogP contribution < -0.4 is 11.2 Å². The lowest BCUT2D eigenvalue weighted by molar-refractivity contribution is -0.134. The predicted octanol–water partition coefficient (Wildman–Crippen LogP) is -0.382. The lowest BCUT2D eigenvalue weighted by Gasteiger charge is -2.43. The maximum atomic E-state index is 10.5. The van der Waals surface area contributed by atoms with E-state index in [0.29, 0.717) is 6.54 Å². The Hall–Kier alpha value is -0.995. The van der Waals surface area contributed by atoms with Crippen molar-refractivity contribution in [1.29, 1.82) is 0 Å². The number of rotatable bonds is 7. The maximum absolute atomic E-state index is 10.5. The zero-order chi connectivity index (χ0) is 20.3. The van der Waals surface area contributed by atoms with E-state index in [4.69, 9.17) is 15.0 Å². The van der Waals surface area contributed by atoms with Gasteiger partial charge in [-0.1, -0.05) is 0 Å². The number of benzene rings is 1. The summed E-state index contributed by atoms with van der Waals surface area (Å²) in [5, 5.41) is 34.1. The van der Waals surface area contributed by atoms with Crippen molar-refractivity contribution in [1.82, 2.24) is 0 Å². The number of hydrogen-bond donors (Lipinski definition) is 4.